The molecule has 0 fully saturated rings. The van der Waals surface area contributed by atoms with E-state index in [0.717, 1.165) is 0 Å². The highest BCUT2D eigenvalue weighted by molar-refractivity contribution is 6.90. The van der Waals surface area contributed by atoms with E-state index < -0.39 is 20.5 Å². The summed E-state index contributed by atoms with van der Waals surface area (Å²) < 4.78 is 24.3. The van der Waals surface area contributed by atoms with E-state index in [1.54, 1.807) is 0 Å². The van der Waals surface area contributed by atoms with Crippen molar-refractivity contribution < 1.29 is 13.9 Å². The Kier molecular flexibility index (Phi) is 9.35. The van der Waals surface area contributed by atoms with Gasteiger partial charge < -0.3 is 10.4 Å². The number of hydrogen-bond acceptors (Lipinski definition) is 2. The lowest BCUT2D eigenvalue weighted by atomic mass is 10.3. The van der Waals surface area contributed by atoms with E-state index in [-0.39, 0.29) is 19.6 Å². The predicted octanol–water partition coefficient (Wildman–Crippen LogP) is 3.81. The molecular formula is C16H31F2NOSi. The molecule has 0 unspecified atom stereocenters. The molecule has 0 aliphatic heterocycles. The van der Waals surface area contributed by atoms with Crippen molar-refractivity contribution in [3.63, 3.8) is 0 Å². The zero-order valence-electron chi connectivity index (χ0n) is 14.2. The second-order valence-corrected chi connectivity index (χ2v) is 12.1. The van der Waals surface area contributed by atoms with E-state index in [1.807, 2.05) is 0 Å². The number of halogens is 2. The lowest BCUT2D eigenvalue weighted by Crippen LogP contribution is -2.44. The van der Waals surface area contributed by atoms with Crippen LogP contribution in [0, 0.1) is 11.5 Å². The molecule has 0 radical (unpaired) electrons. The zero-order valence-corrected chi connectivity index (χ0v) is 15.2. The van der Waals surface area contributed by atoms with Gasteiger partial charge in [-0.15, -0.1) is 5.54 Å². The Labute approximate surface area is 129 Å². The van der Waals surface area contributed by atoms with E-state index in [4.69, 9.17) is 0 Å². The molecule has 5 heteroatoms. The van der Waals surface area contributed by atoms with Crippen LogP contribution in [-0.4, -0.2) is 38.8 Å². The Balaban J connectivity index is 5.06. The number of hydrogen-bond donors (Lipinski definition) is 2. The molecule has 0 saturated carbocycles. The fourth-order valence-electron chi connectivity index (χ4n) is 3.17. The first-order valence-corrected chi connectivity index (χ1v) is 10.1. The third-order valence-electron chi connectivity index (χ3n) is 4.26. The van der Waals surface area contributed by atoms with Crippen LogP contribution in [0.5, 0.6) is 0 Å². The van der Waals surface area contributed by atoms with Crippen molar-refractivity contribution in [1.29, 1.82) is 0 Å². The third kappa shape index (κ3) is 6.05. The number of rotatable bonds is 8. The molecule has 0 aliphatic carbocycles. The lowest BCUT2D eigenvalue weighted by molar-refractivity contribution is 0.135. The Morgan fingerprint density at radius 1 is 1.00 bits per heavy atom. The number of nitrogens with one attached hydrogen (secondary N) is 1. The summed E-state index contributed by atoms with van der Waals surface area (Å²) in [5.41, 5.74) is 5.06. The highest BCUT2D eigenvalue weighted by Crippen LogP contribution is 2.40. The van der Waals surface area contributed by atoms with E-state index >= 15 is 0 Å². The van der Waals surface area contributed by atoms with E-state index in [2.05, 4.69) is 58.3 Å². The Bertz CT molecular complexity index is 326. The van der Waals surface area contributed by atoms with Gasteiger partial charge in [-0.3, -0.25) is 0 Å². The molecule has 0 aromatic heterocycles. The van der Waals surface area contributed by atoms with E-state index in [0.29, 0.717) is 16.6 Å². The van der Waals surface area contributed by atoms with Crippen molar-refractivity contribution in [2.24, 2.45) is 0 Å². The van der Waals surface area contributed by atoms with Crippen molar-refractivity contribution in [2.45, 2.75) is 77.1 Å². The first-order chi connectivity index (χ1) is 9.68. The summed E-state index contributed by atoms with van der Waals surface area (Å²) in [5, 5.41) is 12.3. The Hall–Kier alpha value is -0.443. The van der Waals surface area contributed by atoms with Gasteiger partial charge in [0.15, 0.2) is 0 Å². The second-order valence-electron chi connectivity index (χ2n) is 6.54. The van der Waals surface area contributed by atoms with Crippen molar-refractivity contribution >= 4 is 8.07 Å². The largest absolute Gasteiger partial charge is 0.394 e. The van der Waals surface area contributed by atoms with Crippen molar-refractivity contribution in [1.82, 2.24) is 5.32 Å². The van der Waals surface area contributed by atoms with Crippen molar-refractivity contribution in [3.8, 4) is 11.5 Å². The van der Waals surface area contributed by atoms with Crippen LogP contribution in [0.25, 0.3) is 0 Å². The molecule has 0 saturated heterocycles. The van der Waals surface area contributed by atoms with E-state index in [9.17, 15) is 13.9 Å². The summed E-state index contributed by atoms with van der Waals surface area (Å²) >= 11 is 0. The lowest BCUT2D eigenvalue weighted by Gasteiger charge is -2.38. The first-order valence-electron chi connectivity index (χ1n) is 7.83. The Morgan fingerprint density at radius 3 is 1.81 bits per heavy atom. The van der Waals surface area contributed by atoms with Gasteiger partial charge in [0.25, 0.3) is 0 Å². The molecule has 0 rings (SSSR count). The topological polar surface area (TPSA) is 32.3 Å². The monoisotopic (exact) mass is 319 g/mol. The first kappa shape index (κ1) is 20.6. The molecule has 0 spiro atoms. The van der Waals surface area contributed by atoms with Gasteiger partial charge in [-0.2, -0.15) is 0 Å². The van der Waals surface area contributed by atoms with Crippen LogP contribution in [-0.2, 0) is 0 Å². The standard InChI is InChI=1S/C16H31F2NOSi/c1-12(2)21(13(3)4,14(5)6)10-8-15(11-20)19-9-7-16(17)18/h12-16,19-20H,7,9,11H2,1-6H3/t15-/m0/s1. The van der Waals surface area contributed by atoms with E-state index in [1.165, 1.54) is 0 Å². The van der Waals surface area contributed by atoms with Gasteiger partial charge in [0.05, 0.1) is 12.6 Å². The molecule has 0 aromatic carbocycles. The number of alkyl halides is 2. The maximum absolute atomic E-state index is 12.2. The maximum atomic E-state index is 12.2. The minimum absolute atomic E-state index is 0.144. The summed E-state index contributed by atoms with van der Waals surface area (Å²) in [7, 11) is -1.83. The summed E-state index contributed by atoms with van der Waals surface area (Å²) in [6.07, 6.45) is -2.53. The van der Waals surface area contributed by atoms with Crippen LogP contribution in [0.1, 0.15) is 48.0 Å². The van der Waals surface area contributed by atoms with Crippen LogP contribution in [0.15, 0.2) is 0 Å². The fourth-order valence-corrected chi connectivity index (χ4v) is 8.46. The molecule has 1 atom stereocenters. The SMILES string of the molecule is CC(C)[Si](C#C[C@@H](CO)NCCC(F)F)(C(C)C)C(C)C. The van der Waals surface area contributed by atoms with Crippen molar-refractivity contribution in [2.75, 3.05) is 13.2 Å². The molecule has 0 heterocycles. The van der Waals surface area contributed by atoms with Gasteiger partial charge in [0.1, 0.15) is 8.07 Å². The fraction of sp³-hybridized carbons (Fsp3) is 0.875. The molecule has 2 N–H and O–H groups in total. The summed E-state index contributed by atoms with van der Waals surface area (Å²) in [6, 6.07) is -0.410. The molecule has 0 aliphatic rings. The quantitative estimate of drug-likeness (QED) is 0.527. The van der Waals surface area contributed by atoms with Gasteiger partial charge in [-0.1, -0.05) is 47.5 Å². The van der Waals surface area contributed by atoms with Gasteiger partial charge in [0, 0.05) is 13.0 Å². The summed E-state index contributed by atoms with van der Waals surface area (Å²) in [5.74, 6) is 3.13. The minimum Gasteiger partial charge on any atom is -0.394 e. The Morgan fingerprint density at radius 2 is 1.48 bits per heavy atom. The van der Waals surface area contributed by atoms with Gasteiger partial charge >= 0.3 is 0 Å². The average Bonchev–Trinajstić information content (AvgIpc) is 2.35. The smallest absolute Gasteiger partial charge is 0.239 e. The number of aliphatic hydroxyl groups is 1. The normalized spacial score (nSPS) is 14.0. The zero-order chi connectivity index (χ0) is 16.6. The van der Waals surface area contributed by atoms with Gasteiger partial charge in [0.2, 0.25) is 6.43 Å². The van der Waals surface area contributed by atoms with Crippen LogP contribution in [0.3, 0.4) is 0 Å². The second kappa shape index (κ2) is 9.55. The molecule has 124 valence electrons. The molecule has 0 aromatic rings. The predicted molar refractivity (Wildman–Crippen MR) is 88.3 cm³/mol. The summed E-state index contributed by atoms with van der Waals surface area (Å²) in [4.78, 5) is 0. The summed E-state index contributed by atoms with van der Waals surface area (Å²) in [6.45, 7) is 13.4. The molecular weight excluding hydrogens is 288 g/mol. The minimum atomic E-state index is -2.32. The van der Waals surface area contributed by atoms with Gasteiger partial charge in [-0.25, -0.2) is 8.78 Å². The number of aliphatic hydroxyl groups excluding tert-OH is 1. The van der Waals surface area contributed by atoms with Crippen LogP contribution in [0.4, 0.5) is 8.78 Å². The highest BCUT2D eigenvalue weighted by atomic mass is 28.3. The van der Waals surface area contributed by atoms with Crippen molar-refractivity contribution in [3.05, 3.63) is 0 Å². The third-order valence-corrected chi connectivity index (χ3v) is 10.6. The van der Waals surface area contributed by atoms with Gasteiger partial charge in [-0.05, 0) is 16.6 Å². The molecule has 0 amide bonds. The molecule has 2 nitrogen and oxygen atoms in total. The molecule has 21 heavy (non-hydrogen) atoms. The molecule has 0 bridgehead atoms. The average molecular weight is 320 g/mol. The van der Waals surface area contributed by atoms with Crippen LogP contribution < -0.4 is 5.32 Å². The highest BCUT2D eigenvalue weighted by Gasteiger charge is 2.41. The maximum Gasteiger partial charge on any atom is 0.239 e. The van der Waals surface area contributed by atoms with Crippen LogP contribution >= 0.6 is 0 Å². The van der Waals surface area contributed by atoms with Crippen LogP contribution in [0.2, 0.25) is 16.6 Å².